The monoisotopic (exact) mass is 248 g/mol. The Morgan fingerprint density at radius 2 is 1.53 bits per heavy atom. The van der Waals surface area contributed by atoms with Crippen molar-refractivity contribution >= 4 is 12.9 Å². The summed E-state index contributed by atoms with van der Waals surface area (Å²) in [5.41, 5.74) is 2.51. The average Bonchev–Trinajstić information content (AvgIpc) is 2.29. The van der Waals surface area contributed by atoms with Gasteiger partial charge in [0.25, 0.3) is 0 Å². The lowest BCUT2D eigenvalue weighted by molar-refractivity contribution is 0.387. The zero-order valence-electron chi connectivity index (χ0n) is 9.37. The maximum absolute atomic E-state index is 11.4. The lowest BCUT2D eigenvalue weighted by Crippen LogP contribution is -2.07. The molecule has 2 N–H and O–H groups in total. The number of hydrogen-bond donors (Lipinski definition) is 2. The van der Waals surface area contributed by atoms with Crippen molar-refractivity contribution in [3.8, 4) is 11.1 Å². The van der Waals surface area contributed by atoms with E-state index in [0.29, 0.717) is 5.56 Å². The highest BCUT2D eigenvalue weighted by molar-refractivity contribution is 7.60. The lowest BCUT2D eigenvalue weighted by atomic mass is 10.0. The van der Waals surface area contributed by atoms with Crippen LogP contribution in [0.25, 0.3) is 11.1 Å². The second-order valence-corrected chi connectivity index (χ2v) is 5.50. The van der Waals surface area contributed by atoms with Crippen LogP contribution in [0.4, 0.5) is 0 Å². The Labute approximate surface area is 99.9 Å². The highest BCUT2D eigenvalue weighted by atomic mass is 31.2. The molecule has 0 bridgehead atoms. The van der Waals surface area contributed by atoms with Gasteiger partial charge in [-0.1, -0.05) is 48.0 Å². The van der Waals surface area contributed by atoms with Crippen molar-refractivity contribution < 1.29 is 14.4 Å². The number of hydrogen-bond acceptors (Lipinski definition) is 1. The molecule has 0 aromatic heterocycles. The van der Waals surface area contributed by atoms with E-state index in [1.807, 2.05) is 31.2 Å². The zero-order chi connectivity index (χ0) is 12.5. The van der Waals surface area contributed by atoms with Gasteiger partial charge in [-0.25, -0.2) is 0 Å². The molecule has 4 heteroatoms. The van der Waals surface area contributed by atoms with Crippen LogP contribution in [0, 0.1) is 6.92 Å². The van der Waals surface area contributed by atoms with Crippen molar-refractivity contribution in [1.82, 2.24) is 0 Å². The number of rotatable bonds is 2. The molecule has 88 valence electrons. The van der Waals surface area contributed by atoms with Gasteiger partial charge in [0.15, 0.2) is 0 Å². The maximum Gasteiger partial charge on any atom is 0.356 e. The molecular formula is C13H13O3P. The van der Waals surface area contributed by atoms with Gasteiger partial charge in [-0.15, -0.1) is 0 Å². The Kier molecular flexibility index (Phi) is 3.16. The van der Waals surface area contributed by atoms with Crippen molar-refractivity contribution in [1.29, 1.82) is 0 Å². The van der Waals surface area contributed by atoms with E-state index in [-0.39, 0.29) is 5.30 Å². The third-order valence-electron chi connectivity index (χ3n) is 2.58. The quantitative estimate of drug-likeness (QED) is 0.802. The summed E-state index contributed by atoms with van der Waals surface area (Å²) in [5, 5.41) is 0.0730. The minimum absolute atomic E-state index is 0.0730. The van der Waals surface area contributed by atoms with E-state index in [4.69, 9.17) is 0 Å². The van der Waals surface area contributed by atoms with Gasteiger partial charge in [0.05, 0.1) is 5.30 Å². The fraction of sp³-hybridized carbons (Fsp3) is 0.0769. The Balaban J connectivity index is 2.60. The fourth-order valence-electron chi connectivity index (χ4n) is 1.70. The topological polar surface area (TPSA) is 57.5 Å². The third-order valence-corrected chi connectivity index (χ3v) is 3.60. The molecule has 0 saturated carbocycles. The molecule has 0 atom stereocenters. The van der Waals surface area contributed by atoms with Gasteiger partial charge in [0, 0.05) is 0 Å². The van der Waals surface area contributed by atoms with Crippen molar-refractivity contribution in [3.63, 3.8) is 0 Å². The summed E-state index contributed by atoms with van der Waals surface area (Å²) in [6, 6.07) is 14.2. The summed E-state index contributed by atoms with van der Waals surface area (Å²) < 4.78 is 11.4. The first kappa shape index (κ1) is 12.1. The van der Waals surface area contributed by atoms with Crippen molar-refractivity contribution in [2.24, 2.45) is 0 Å². The minimum Gasteiger partial charge on any atom is -0.321 e. The standard InChI is InChI=1S/C13H13O3P/c1-10-6-8-11(9-7-10)12-4-2-3-5-13(12)17(14,15)16/h2-9H,1H3,(H2,14,15,16). The maximum atomic E-state index is 11.4. The molecule has 2 aromatic carbocycles. The first-order valence-corrected chi connectivity index (χ1v) is 6.82. The fourth-order valence-corrected chi connectivity index (χ4v) is 2.50. The predicted octanol–water partition coefficient (Wildman–Crippen LogP) is 2.47. The molecule has 0 heterocycles. The van der Waals surface area contributed by atoms with Crippen LogP contribution in [0.5, 0.6) is 0 Å². The van der Waals surface area contributed by atoms with Gasteiger partial charge in [0.1, 0.15) is 0 Å². The van der Waals surface area contributed by atoms with E-state index in [0.717, 1.165) is 11.1 Å². The summed E-state index contributed by atoms with van der Waals surface area (Å²) in [4.78, 5) is 18.6. The lowest BCUT2D eigenvalue weighted by Gasteiger charge is -2.10. The van der Waals surface area contributed by atoms with Gasteiger partial charge in [-0.05, 0) is 24.1 Å². The Bertz CT molecular complexity index is 569. The van der Waals surface area contributed by atoms with Crippen LogP contribution in [0.15, 0.2) is 48.5 Å². The number of aryl methyl sites for hydroxylation is 1. The number of benzene rings is 2. The molecule has 0 spiro atoms. The summed E-state index contributed by atoms with van der Waals surface area (Å²) in [7, 11) is -4.23. The molecule has 0 unspecified atom stereocenters. The Hall–Kier alpha value is -1.41. The van der Waals surface area contributed by atoms with Crippen LogP contribution in [-0.2, 0) is 4.57 Å². The molecule has 2 rings (SSSR count). The Morgan fingerprint density at radius 1 is 0.941 bits per heavy atom. The van der Waals surface area contributed by atoms with Crippen molar-refractivity contribution in [3.05, 3.63) is 54.1 Å². The first-order chi connectivity index (χ1) is 7.98. The van der Waals surface area contributed by atoms with Crippen LogP contribution in [0.1, 0.15) is 5.56 Å². The summed E-state index contributed by atoms with van der Waals surface area (Å²) >= 11 is 0. The normalized spacial score (nSPS) is 11.5. The SMILES string of the molecule is Cc1ccc(-c2ccccc2P(=O)(O)O)cc1. The van der Waals surface area contributed by atoms with Gasteiger partial charge >= 0.3 is 7.60 Å². The second kappa shape index (κ2) is 4.46. The van der Waals surface area contributed by atoms with Gasteiger partial charge < -0.3 is 9.79 Å². The summed E-state index contributed by atoms with van der Waals surface area (Å²) in [6.07, 6.45) is 0. The average molecular weight is 248 g/mol. The van der Waals surface area contributed by atoms with E-state index in [2.05, 4.69) is 0 Å². The van der Waals surface area contributed by atoms with Crippen LogP contribution in [-0.4, -0.2) is 9.79 Å². The van der Waals surface area contributed by atoms with E-state index in [1.54, 1.807) is 18.2 Å². The molecular weight excluding hydrogens is 235 g/mol. The van der Waals surface area contributed by atoms with E-state index < -0.39 is 7.60 Å². The smallest absolute Gasteiger partial charge is 0.321 e. The molecule has 0 radical (unpaired) electrons. The van der Waals surface area contributed by atoms with E-state index in [9.17, 15) is 14.4 Å². The second-order valence-electron chi connectivity index (χ2n) is 3.93. The van der Waals surface area contributed by atoms with Crippen LogP contribution >= 0.6 is 7.60 Å². The molecule has 0 amide bonds. The molecule has 2 aromatic rings. The first-order valence-electron chi connectivity index (χ1n) is 5.20. The van der Waals surface area contributed by atoms with Gasteiger partial charge in [-0.2, -0.15) is 0 Å². The molecule has 0 saturated heterocycles. The zero-order valence-corrected chi connectivity index (χ0v) is 10.3. The van der Waals surface area contributed by atoms with Gasteiger partial charge in [-0.3, -0.25) is 4.57 Å². The van der Waals surface area contributed by atoms with Crippen molar-refractivity contribution in [2.45, 2.75) is 6.92 Å². The van der Waals surface area contributed by atoms with E-state index in [1.165, 1.54) is 6.07 Å². The Morgan fingerprint density at radius 3 is 2.12 bits per heavy atom. The molecule has 0 aliphatic rings. The molecule has 0 fully saturated rings. The third kappa shape index (κ3) is 2.64. The molecule has 0 aliphatic heterocycles. The van der Waals surface area contributed by atoms with Crippen LogP contribution in [0.2, 0.25) is 0 Å². The minimum atomic E-state index is -4.23. The summed E-state index contributed by atoms with van der Waals surface area (Å²) in [5.74, 6) is 0. The molecule has 17 heavy (non-hydrogen) atoms. The predicted molar refractivity (Wildman–Crippen MR) is 68.3 cm³/mol. The highest BCUT2D eigenvalue weighted by Crippen LogP contribution is 2.37. The van der Waals surface area contributed by atoms with Crippen molar-refractivity contribution in [2.75, 3.05) is 0 Å². The molecule has 3 nitrogen and oxygen atoms in total. The van der Waals surface area contributed by atoms with Crippen LogP contribution in [0.3, 0.4) is 0 Å². The largest absolute Gasteiger partial charge is 0.356 e. The van der Waals surface area contributed by atoms with Gasteiger partial charge in [0.2, 0.25) is 0 Å². The highest BCUT2D eigenvalue weighted by Gasteiger charge is 2.21. The van der Waals surface area contributed by atoms with Crippen LogP contribution < -0.4 is 5.30 Å². The van der Waals surface area contributed by atoms with E-state index >= 15 is 0 Å². The molecule has 0 aliphatic carbocycles. The summed E-state index contributed by atoms with van der Waals surface area (Å²) in [6.45, 7) is 1.97.